The summed E-state index contributed by atoms with van der Waals surface area (Å²) in [6.07, 6.45) is 5.46. The lowest BCUT2D eigenvalue weighted by molar-refractivity contribution is -0.157. The summed E-state index contributed by atoms with van der Waals surface area (Å²) in [5, 5.41) is 7.60. The molecule has 2 aromatic rings. The average molecular weight is 657 g/mol. The fraction of sp³-hybridized carbons (Fsp3) is 0.531. The third-order valence-electron chi connectivity index (χ3n) is 8.09. The van der Waals surface area contributed by atoms with E-state index >= 15 is 0 Å². The predicted molar refractivity (Wildman–Crippen MR) is 173 cm³/mol. The van der Waals surface area contributed by atoms with Crippen LogP contribution in [0.1, 0.15) is 70.7 Å². The summed E-state index contributed by atoms with van der Waals surface area (Å²) in [7, 11) is -3.60. The van der Waals surface area contributed by atoms with Crippen molar-refractivity contribution in [2.24, 2.45) is 5.92 Å². The lowest BCUT2D eigenvalue weighted by Crippen LogP contribution is -2.61. The molecule has 4 rings (SSSR count). The highest BCUT2D eigenvalue weighted by molar-refractivity contribution is 7.88. The van der Waals surface area contributed by atoms with Gasteiger partial charge < -0.3 is 15.4 Å². The highest BCUT2D eigenvalue weighted by Gasteiger charge is 2.34. The van der Waals surface area contributed by atoms with Crippen molar-refractivity contribution in [1.29, 1.82) is 0 Å². The molecule has 0 saturated carbocycles. The van der Waals surface area contributed by atoms with Crippen molar-refractivity contribution in [3.63, 3.8) is 0 Å². The van der Waals surface area contributed by atoms with E-state index in [-0.39, 0.29) is 25.4 Å². The van der Waals surface area contributed by atoms with Gasteiger partial charge in [-0.3, -0.25) is 24.2 Å². The monoisotopic (exact) mass is 656 g/mol. The van der Waals surface area contributed by atoms with Gasteiger partial charge in [-0.25, -0.2) is 23.1 Å². The molecule has 1 aromatic heterocycles. The van der Waals surface area contributed by atoms with Crippen molar-refractivity contribution in [1.82, 2.24) is 30.4 Å². The van der Waals surface area contributed by atoms with Gasteiger partial charge in [0.15, 0.2) is 0 Å². The van der Waals surface area contributed by atoms with E-state index in [0.29, 0.717) is 37.0 Å². The maximum Gasteiger partial charge on any atom is 0.325 e. The summed E-state index contributed by atoms with van der Waals surface area (Å²) in [5.74, 6) is -2.30. The second kappa shape index (κ2) is 15.1. The summed E-state index contributed by atoms with van der Waals surface area (Å²) in [4.78, 5) is 57.2. The van der Waals surface area contributed by atoms with E-state index in [1.807, 2.05) is 36.4 Å². The number of hydrogen-bond acceptors (Lipinski definition) is 9. The number of hydrazine groups is 1. The van der Waals surface area contributed by atoms with Crippen LogP contribution in [0.15, 0.2) is 36.4 Å². The van der Waals surface area contributed by atoms with Gasteiger partial charge in [0.25, 0.3) is 5.91 Å². The molecule has 1 saturated heterocycles. The zero-order chi connectivity index (χ0) is 33.6. The molecular weight excluding hydrogens is 612 g/mol. The number of sulfonamides is 1. The first-order valence-electron chi connectivity index (χ1n) is 15.6. The van der Waals surface area contributed by atoms with Crippen LogP contribution in [0.4, 0.5) is 0 Å². The van der Waals surface area contributed by atoms with E-state index in [0.717, 1.165) is 17.2 Å². The van der Waals surface area contributed by atoms with Gasteiger partial charge in [0.05, 0.1) is 17.5 Å². The molecule has 3 amide bonds. The number of rotatable bonds is 2. The molecule has 0 spiro atoms. The number of benzene rings is 1. The molecule has 2 aliphatic heterocycles. The van der Waals surface area contributed by atoms with Crippen LogP contribution in [0.3, 0.4) is 0 Å². The molecule has 14 heteroatoms. The Bertz CT molecular complexity index is 1590. The minimum Gasteiger partial charge on any atom is -0.455 e. The Labute approximate surface area is 270 Å². The molecule has 0 aliphatic carbocycles. The number of aromatic nitrogens is 1. The van der Waals surface area contributed by atoms with Gasteiger partial charge in [0.2, 0.25) is 21.8 Å². The van der Waals surface area contributed by atoms with Crippen LogP contribution in [0.2, 0.25) is 0 Å². The smallest absolute Gasteiger partial charge is 0.325 e. The number of carbonyl (C=O) groups is 4. The van der Waals surface area contributed by atoms with Crippen molar-refractivity contribution in [2.45, 2.75) is 77.6 Å². The predicted octanol–water partition coefficient (Wildman–Crippen LogP) is 2.05. The van der Waals surface area contributed by atoms with Crippen molar-refractivity contribution in [3.05, 3.63) is 47.7 Å². The van der Waals surface area contributed by atoms with Crippen LogP contribution in [0.25, 0.3) is 17.0 Å². The standard InChI is InChI=1S/C32H44N6O7S/c1-20(2)29-30(40)33-21(3)31(41)38-17-8-10-26(36-38)32(42)45-22(4)25-14-13-24-12-11-23(19-27(24)34-25)9-6-7-16-37(46(5,43)44)18-15-28(39)35-29/h6,9,11-14,19-22,26,29,36H,7-8,10,15-18H2,1-5H3,(H,33,40)(H,35,39)/b9-6+/t21-,22+,26-,29-/m0/s1. The summed E-state index contributed by atoms with van der Waals surface area (Å²) < 4.78 is 31.9. The van der Waals surface area contributed by atoms with Crippen LogP contribution < -0.4 is 16.1 Å². The summed E-state index contributed by atoms with van der Waals surface area (Å²) in [5.41, 5.74) is 5.09. The van der Waals surface area contributed by atoms with Gasteiger partial charge in [-0.15, -0.1) is 0 Å². The zero-order valence-corrected chi connectivity index (χ0v) is 27.8. The van der Waals surface area contributed by atoms with Gasteiger partial charge in [0.1, 0.15) is 24.2 Å². The first-order valence-corrected chi connectivity index (χ1v) is 17.5. The number of hydrogen-bond donors (Lipinski definition) is 3. The Morgan fingerprint density at radius 2 is 1.74 bits per heavy atom. The van der Waals surface area contributed by atoms with Crippen LogP contribution in [0, 0.1) is 5.92 Å². The van der Waals surface area contributed by atoms with E-state index in [1.54, 1.807) is 26.8 Å². The summed E-state index contributed by atoms with van der Waals surface area (Å²) in [6.45, 7) is 7.24. The van der Waals surface area contributed by atoms with E-state index in [2.05, 4.69) is 16.1 Å². The molecule has 2 aliphatic rings. The number of amides is 3. The second-order valence-corrected chi connectivity index (χ2v) is 14.2. The number of carbonyl (C=O) groups excluding carboxylic acids is 4. The number of pyridine rings is 1. The SMILES string of the molecule is CC(C)[C@@H]1NC(=O)CCN(S(C)(=O)=O)CC/C=C/c2ccc3ccc(nc3c2)[C@@H](C)OC(=O)[C@@H]2CCCN(N2)C(=O)[C@H](C)NC1=O. The van der Waals surface area contributed by atoms with E-state index < -0.39 is 57.9 Å². The highest BCUT2D eigenvalue weighted by Crippen LogP contribution is 2.22. The number of ether oxygens (including phenoxy) is 1. The van der Waals surface area contributed by atoms with Crippen LogP contribution in [0.5, 0.6) is 0 Å². The molecule has 4 atom stereocenters. The third kappa shape index (κ3) is 9.10. The number of cyclic esters (lactones) is 1. The lowest BCUT2D eigenvalue weighted by atomic mass is 10.0. The Hall–Kier alpha value is -3.88. The highest BCUT2D eigenvalue weighted by atomic mass is 32.2. The van der Waals surface area contributed by atoms with E-state index in [9.17, 15) is 27.6 Å². The van der Waals surface area contributed by atoms with Crippen molar-refractivity contribution in [3.8, 4) is 0 Å². The lowest BCUT2D eigenvalue weighted by Gasteiger charge is -2.35. The molecule has 3 heterocycles. The van der Waals surface area contributed by atoms with E-state index in [1.165, 1.54) is 16.2 Å². The first-order chi connectivity index (χ1) is 21.7. The quantitative estimate of drug-likeness (QED) is 0.410. The fourth-order valence-electron chi connectivity index (χ4n) is 5.40. The van der Waals surface area contributed by atoms with Crippen molar-refractivity contribution < 1.29 is 32.3 Å². The molecule has 1 fully saturated rings. The Kier molecular flexibility index (Phi) is 11.5. The molecule has 1 aromatic carbocycles. The van der Waals surface area contributed by atoms with Crippen molar-refractivity contribution >= 4 is 50.7 Å². The third-order valence-corrected chi connectivity index (χ3v) is 9.39. The second-order valence-electron chi connectivity index (χ2n) is 12.2. The zero-order valence-electron chi connectivity index (χ0n) is 27.0. The van der Waals surface area contributed by atoms with Crippen molar-refractivity contribution in [2.75, 3.05) is 25.9 Å². The first kappa shape index (κ1) is 35.0. The normalized spacial score (nSPS) is 25.9. The Morgan fingerprint density at radius 1 is 1.00 bits per heavy atom. The van der Waals surface area contributed by atoms with Gasteiger partial charge in [-0.2, -0.15) is 0 Å². The minimum atomic E-state index is -3.60. The van der Waals surface area contributed by atoms with Gasteiger partial charge in [-0.1, -0.05) is 44.2 Å². The molecule has 13 nitrogen and oxygen atoms in total. The molecule has 0 radical (unpaired) electrons. The molecular formula is C32H44N6O7S. The molecule has 46 heavy (non-hydrogen) atoms. The maximum absolute atomic E-state index is 13.3. The van der Waals surface area contributed by atoms with E-state index in [4.69, 9.17) is 9.72 Å². The maximum atomic E-state index is 13.3. The number of nitrogens with one attached hydrogen (secondary N) is 3. The Morgan fingerprint density at radius 3 is 2.46 bits per heavy atom. The number of fused-ring (bicyclic) bond motifs is 4. The minimum absolute atomic E-state index is 0.0523. The van der Waals surface area contributed by atoms with Crippen LogP contribution >= 0.6 is 0 Å². The molecule has 5 bridgehead atoms. The number of nitrogens with zero attached hydrogens (tertiary/aromatic N) is 3. The summed E-state index contributed by atoms with van der Waals surface area (Å²) >= 11 is 0. The summed E-state index contributed by atoms with van der Waals surface area (Å²) in [6, 6.07) is 6.80. The molecule has 0 unspecified atom stereocenters. The van der Waals surface area contributed by atoms with Crippen LogP contribution in [-0.4, -0.2) is 90.4 Å². The van der Waals surface area contributed by atoms with Gasteiger partial charge in [0, 0.05) is 31.4 Å². The molecule has 250 valence electrons. The number of esters is 1. The molecule has 3 N–H and O–H groups in total. The average Bonchev–Trinajstić information content (AvgIpc) is 3.01. The Balaban J connectivity index is 1.61. The topological polar surface area (TPSA) is 167 Å². The van der Waals surface area contributed by atoms with Crippen LogP contribution in [-0.2, 0) is 33.9 Å². The largest absolute Gasteiger partial charge is 0.455 e. The van der Waals surface area contributed by atoms with Gasteiger partial charge in [-0.05, 0) is 56.7 Å². The van der Waals surface area contributed by atoms with Gasteiger partial charge >= 0.3 is 5.97 Å². The fourth-order valence-corrected chi connectivity index (χ4v) is 6.26.